The summed E-state index contributed by atoms with van der Waals surface area (Å²) in [5.41, 5.74) is 5.75. The fourth-order valence-corrected chi connectivity index (χ4v) is 3.75. The third-order valence-electron chi connectivity index (χ3n) is 4.04. The number of aliphatic hydroxyl groups excluding tert-OH is 1. The maximum Gasteiger partial charge on any atom is 0.305 e. The van der Waals surface area contributed by atoms with Crippen LogP contribution >= 0.6 is 11.3 Å². The van der Waals surface area contributed by atoms with Gasteiger partial charge in [-0.25, -0.2) is 0 Å². The summed E-state index contributed by atoms with van der Waals surface area (Å²) in [5.74, 6) is -2.60. The van der Waals surface area contributed by atoms with E-state index in [9.17, 15) is 15.0 Å². The summed E-state index contributed by atoms with van der Waals surface area (Å²) in [4.78, 5) is 12.8. The van der Waals surface area contributed by atoms with Crippen LogP contribution in [-0.4, -0.2) is 28.8 Å². The lowest BCUT2D eigenvalue weighted by Gasteiger charge is -2.30. The maximum atomic E-state index is 11.3. The molecule has 0 spiro atoms. The van der Waals surface area contributed by atoms with E-state index in [2.05, 4.69) is 6.92 Å². The first-order chi connectivity index (χ1) is 11.4. The van der Waals surface area contributed by atoms with Crippen molar-refractivity contribution in [3.8, 4) is 0 Å². The molecule has 0 aliphatic carbocycles. The largest absolute Gasteiger partial charge is 0.426 e. The summed E-state index contributed by atoms with van der Waals surface area (Å²) in [5, 5.41) is 19.9. The zero-order valence-electron chi connectivity index (χ0n) is 14.8. The number of nitrogens with two attached hydrogens (primary N) is 1. The van der Waals surface area contributed by atoms with Crippen LogP contribution in [0.2, 0.25) is 0 Å². The quantitative estimate of drug-likeness (QED) is 0.304. The molecule has 24 heavy (non-hydrogen) atoms. The zero-order chi connectivity index (χ0) is 18.0. The monoisotopic (exact) mass is 357 g/mol. The van der Waals surface area contributed by atoms with Crippen LogP contribution in [0.5, 0.6) is 0 Å². The van der Waals surface area contributed by atoms with Crippen molar-refractivity contribution in [2.45, 2.75) is 77.0 Å². The Morgan fingerprint density at radius 1 is 1.25 bits per heavy atom. The van der Waals surface area contributed by atoms with Gasteiger partial charge in [-0.2, -0.15) is 0 Å². The standard InChI is InChI=1S/C18H31NO4S/c1-3-4-5-6-7-8-9-10-15-11-12-17(24-15)18(22,16(19)13-20)23-14(2)21/h11-12,16,20,22H,3-10,13,19H2,1-2H3. The predicted octanol–water partition coefficient (Wildman–Crippen LogP) is 3.07. The lowest BCUT2D eigenvalue weighted by molar-refractivity contribution is -0.224. The van der Waals surface area contributed by atoms with Gasteiger partial charge in [-0.1, -0.05) is 45.4 Å². The molecule has 0 saturated heterocycles. The summed E-state index contributed by atoms with van der Waals surface area (Å²) in [7, 11) is 0. The lowest BCUT2D eigenvalue weighted by Crippen LogP contribution is -2.50. The molecular formula is C18H31NO4S. The van der Waals surface area contributed by atoms with Crippen molar-refractivity contribution in [1.29, 1.82) is 0 Å². The number of hydrogen-bond donors (Lipinski definition) is 3. The number of carbonyl (C=O) groups is 1. The van der Waals surface area contributed by atoms with E-state index in [0.717, 1.165) is 17.7 Å². The molecule has 1 aromatic heterocycles. The number of rotatable bonds is 12. The van der Waals surface area contributed by atoms with Crippen LogP contribution in [0.25, 0.3) is 0 Å². The van der Waals surface area contributed by atoms with E-state index in [0.29, 0.717) is 4.88 Å². The van der Waals surface area contributed by atoms with Crippen LogP contribution in [0.4, 0.5) is 0 Å². The van der Waals surface area contributed by atoms with E-state index >= 15 is 0 Å². The van der Waals surface area contributed by atoms with Crippen molar-refractivity contribution < 1.29 is 19.7 Å². The van der Waals surface area contributed by atoms with Crippen LogP contribution in [-0.2, 0) is 21.7 Å². The minimum Gasteiger partial charge on any atom is -0.426 e. The topological polar surface area (TPSA) is 92.8 Å². The zero-order valence-corrected chi connectivity index (χ0v) is 15.6. The third kappa shape index (κ3) is 6.51. The first-order valence-corrected chi connectivity index (χ1v) is 9.63. The molecule has 0 aromatic carbocycles. The molecule has 6 heteroatoms. The Bertz CT molecular complexity index is 491. The van der Waals surface area contributed by atoms with Crippen molar-refractivity contribution in [1.82, 2.24) is 0 Å². The first kappa shape index (κ1) is 21.1. The summed E-state index contributed by atoms with van der Waals surface area (Å²) in [6.07, 6.45) is 9.67. The Morgan fingerprint density at radius 3 is 2.46 bits per heavy atom. The van der Waals surface area contributed by atoms with E-state index < -0.39 is 24.4 Å². The number of aliphatic hydroxyl groups is 2. The van der Waals surface area contributed by atoms with E-state index in [1.54, 1.807) is 6.07 Å². The van der Waals surface area contributed by atoms with Crippen LogP contribution < -0.4 is 5.73 Å². The lowest BCUT2D eigenvalue weighted by atomic mass is 10.1. The van der Waals surface area contributed by atoms with Crippen molar-refractivity contribution in [2.24, 2.45) is 5.73 Å². The van der Waals surface area contributed by atoms with Gasteiger partial charge in [-0.05, 0) is 25.0 Å². The Kier molecular flexibility index (Phi) is 9.51. The molecule has 0 aliphatic rings. The molecule has 1 heterocycles. The number of hydrogen-bond acceptors (Lipinski definition) is 6. The molecule has 0 aliphatic heterocycles. The highest BCUT2D eigenvalue weighted by atomic mass is 32.1. The highest BCUT2D eigenvalue weighted by molar-refractivity contribution is 7.12. The second-order valence-corrected chi connectivity index (χ2v) is 7.38. The van der Waals surface area contributed by atoms with Crippen molar-refractivity contribution >= 4 is 17.3 Å². The normalized spacial score (nSPS) is 15.0. The van der Waals surface area contributed by atoms with Crippen LogP contribution in [0, 0.1) is 0 Å². The van der Waals surface area contributed by atoms with E-state index in [-0.39, 0.29) is 0 Å². The fourth-order valence-electron chi connectivity index (χ4n) is 2.61. The second-order valence-electron chi connectivity index (χ2n) is 6.22. The number of carbonyl (C=O) groups excluding carboxylic acids is 1. The van der Waals surface area contributed by atoms with Crippen LogP contribution in [0.1, 0.15) is 68.5 Å². The summed E-state index contributed by atoms with van der Waals surface area (Å²) in [6, 6.07) is 2.57. The Labute approximate surface area is 148 Å². The smallest absolute Gasteiger partial charge is 0.305 e. The van der Waals surface area contributed by atoms with E-state index in [1.807, 2.05) is 6.07 Å². The van der Waals surface area contributed by atoms with Gasteiger partial charge in [0.25, 0.3) is 5.79 Å². The second kappa shape index (κ2) is 10.8. The molecule has 1 aromatic rings. The van der Waals surface area contributed by atoms with Gasteiger partial charge < -0.3 is 20.7 Å². The van der Waals surface area contributed by atoms with Crippen LogP contribution in [0.15, 0.2) is 12.1 Å². The minimum atomic E-state index is -1.97. The van der Waals surface area contributed by atoms with Gasteiger partial charge in [-0.15, -0.1) is 11.3 Å². The Hall–Kier alpha value is -0.950. The van der Waals surface area contributed by atoms with E-state index in [1.165, 1.54) is 56.8 Å². The summed E-state index contributed by atoms with van der Waals surface area (Å²) >= 11 is 1.38. The average Bonchev–Trinajstić information content (AvgIpc) is 3.02. The number of aryl methyl sites for hydroxylation is 1. The minimum absolute atomic E-state index is 0.456. The molecule has 2 atom stereocenters. The van der Waals surface area contributed by atoms with Crippen molar-refractivity contribution in [3.63, 3.8) is 0 Å². The van der Waals surface area contributed by atoms with Gasteiger partial charge in [-0.3, -0.25) is 4.79 Å². The number of esters is 1. The Balaban J connectivity index is 2.54. The number of unbranched alkanes of at least 4 members (excludes halogenated alkanes) is 6. The van der Waals surface area contributed by atoms with Gasteiger partial charge in [0.2, 0.25) is 0 Å². The van der Waals surface area contributed by atoms with Gasteiger partial charge in [0.15, 0.2) is 0 Å². The summed E-state index contributed by atoms with van der Waals surface area (Å²) in [6.45, 7) is 2.95. The maximum absolute atomic E-state index is 11.3. The van der Waals surface area contributed by atoms with Gasteiger partial charge in [0.1, 0.15) is 0 Å². The average molecular weight is 358 g/mol. The Morgan fingerprint density at radius 2 is 1.88 bits per heavy atom. The molecule has 0 saturated carbocycles. The molecular weight excluding hydrogens is 326 g/mol. The summed E-state index contributed by atoms with van der Waals surface area (Å²) < 4.78 is 5.01. The van der Waals surface area contributed by atoms with Crippen molar-refractivity contribution in [3.05, 3.63) is 21.9 Å². The molecule has 5 nitrogen and oxygen atoms in total. The molecule has 4 N–H and O–H groups in total. The molecule has 138 valence electrons. The number of ether oxygens (including phenoxy) is 1. The van der Waals surface area contributed by atoms with Gasteiger partial charge in [0, 0.05) is 11.8 Å². The van der Waals surface area contributed by atoms with Crippen LogP contribution in [0.3, 0.4) is 0 Å². The van der Waals surface area contributed by atoms with Gasteiger partial charge in [0.05, 0.1) is 17.5 Å². The predicted molar refractivity (Wildman–Crippen MR) is 96.7 cm³/mol. The van der Waals surface area contributed by atoms with Gasteiger partial charge >= 0.3 is 5.97 Å². The molecule has 0 radical (unpaired) electrons. The first-order valence-electron chi connectivity index (χ1n) is 8.81. The number of thiophene rings is 1. The third-order valence-corrected chi connectivity index (χ3v) is 5.29. The SMILES string of the molecule is CCCCCCCCCc1ccc(C(O)(OC(C)=O)C(N)CO)s1. The molecule has 1 rings (SSSR count). The van der Waals surface area contributed by atoms with E-state index in [4.69, 9.17) is 10.5 Å². The highest BCUT2D eigenvalue weighted by Gasteiger charge is 2.41. The van der Waals surface area contributed by atoms with Crippen molar-refractivity contribution in [2.75, 3.05) is 6.61 Å². The molecule has 0 fully saturated rings. The highest BCUT2D eigenvalue weighted by Crippen LogP contribution is 2.33. The molecule has 0 amide bonds. The fraction of sp³-hybridized carbons (Fsp3) is 0.722. The molecule has 0 bridgehead atoms. The molecule has 2 unspecified atom stereocenters.